The zero-order chi connectivity index (χ0) is 12.7. The average Bonchev–Trinajstić information content (AvgIpc) is 2.93. The van der Waals surface area contributed by atoms with Crippen LogP contribution in [0.5, 0.6) is 0 Å². The van der Waals surface area contributed by atoms with Gasteiger partial charge in [-0.2, -0.15) is 4.98 Å². The molecule has 0 aliphatic heterocycles. The number of hydrogen-bond donors (Lipinski definition) is 0. The molecule has 0 aliphatic carbocycles. The number of benzene rings is 1. The number of halogens is 1. The largest absolute Gasteiger partial charge is 0.423 e. The van der Waals surface area contributed by atoms with Crippen LogP contribution in [0.1, 0.15) is 0 Å². The molecule has 6 nitrogen and oxygen atoms in total. The molecule has 0 atom stereocenters. The second-order valence-electron chi connectivity index (χ2n) is 3.64. The third-order valence-electron chi connectivity index (χ3n) is 2.45. The van der Waals surface area contributed by atoms with Gasteiger partial charge in [0.2, 0.25) is 0 Å². The monoisotopic (exact) mass is 247 g/mol. The molecule has 0 unspecified atom stereocenters. The first kappa shape index (κ1) is 10.5. The number of nitro benzene ring substituents is 1. The van der Waals surface area contributed by atoms with E-state index >= 15 is 0 Å². The zero-order valence-electron chi connectivity index (χ0n) is 8.91. The third kappa shape index (κ3) is 1.61. The number of non-ortho nitro benzene ring substituents is 1. The van der Waals surface area contributed by atoms with Gasteiger partial charge in [0.05, 0.1) is 11.0 Å². The maximum atomic E-state index is 12.9. The lowest BCUT2D eigenvalue weighted by Gasteiger charge is -1.91. The molecule has 1 aromatic carbocycles. The van der Waals surface area contributed by atoms with E-state index in [4.69, 9.17) is 4.42 Å². The Labute approximate surface area is 99.4 Å². The Morgan fingerprint density at radius 1 is 1.39 bits per heavy atom. The summed E-state index contributed by atoms with van der Waals surface area (Å²) >= 11 is 0. The molecule has 0 aliphatic rings. The summed E-state index contributed by atoms with van der Waals surface area (Å²) in [6.07, 6.45) is 2.66. The van der Waals surface area contributed by atoms with Gasteiger partial charge in [-0.25, -0.2) is 4.39 Å². The van der Waals surface area contributed by atoms with Crippen LogP contribution in [0.15, 0.2) is 41.1 Å². The summed E-state index contributed by atoms with van der Waals surface area (Å²) in [5.41, 5.74) is 0.682. The number of aromatic nitrogens is 2. The van der Waals surface area contributed by atoms with E-state index in [0.717, 1.165) is 0 Å². The summed E-state index contributed by atoms with van der Waals surface area (Å²) in [6, 6.07) is 5.53. The van der Waals surface area contributed by atoms with Gasteiger partial charge in [-0.15, -0.1) is 0 Å². The van der Waals surface area contributed by atoms with Gasteiger partial charge >= 0.3 is 6.01 Å². The van der Waals surface area contributed by atoms with E-state index in [-0.39, 0.29) is 17.3 Å². The van der Waals surface area contributed by atoms with Crippen LogP contribution in [0.4, 0.5) is 10.1 Å². The van der Waals surface area contributed by atoms with Crippen LogP contribution in [0.3, 0.4) is 0 Å². The summed E-state index contributed by atoms with van der Waals surface area (Å²) in [6.45, 7) is 0. The molecule has 0 bridgehead atoms. The molecule has 90 valence electrons. The molecule has 2 heterocycles. The Balaban J connectivity index is 2.13. The molecule has 3 aromatic rings. The van der Waals surface area contributed by atoms with Gasteiger partial charge in [-0.05, 0) is 12.1 Å². The molecule has 0 fully saturated rings. The van der Waals surface area contributed by atoms with Crippen molar-refractivity contribution in [3.63, 3.8) is 0 Å². The lowest BCUT2D eigenvalue weighted by Crippen LogP contribution is -1.88. The maximum Gasteiger partial charge on any atom is 0.306 e. The van der Waals surface area contributed by atoms with E-state index in [1.165, 1.54) is 41.2 Å². The normalized spacial score (nSPS) is 10.9. The first-order chi connectivity index (χ1) is 8.63. The standard InChI is InChI=1S/C11H6FN3O3/c12-7-3-4-14(6-7)11-13-9-2-1-8(15(16)17)5-10(9)18-11/h1-6H. The zero-order valence-corrected chi connectivity index (χ0v) is 8.91. The highest BCUT2D eigenvalue weighted by molar-refractivity contribution is 5.76. The van der Waals surface area contributed by atoms with Crippen LogP contribution in [-0.4, -0.2) is 14.5 Å². The summed E-state index contributed by atoms with van der Waals surface area (Å²) in [4.78, 5) is 14.2. The van der Waals surface area contributed by atoms with Crippen molar-refractivity contribution >= 4 is 16.8 Å². The molecule has 0 spiro atoms. The van der Waals surface area contributed by atoms with Crippen molar-refractivity contribution in [1.29, 1.82) is 0 Å². The topological polar surface area (TPSA) is 74.1 Å². The summed E-state index contributed by atoms with van der Waals surface area (Å²) in [5.74, 6) is -0.414. The van der Waals surface area contributed by atoms with Gasteiger partial charge < -0.3 is 4.42 Å². The molecule has 3 rings (SSSR count). The minimum Gasteiger partial charge on any atom is -0.423 e. The van der Waals surface area contributed by atoms with E-state index in [0.29, 0.717) is 5.52 Å². The number of hydrogen-bond acceptors (Lipinski definition) is 4. The fourth-order valence-electron chi connectivity index (χ4n) is 1.61. The summed E-state index contributed by atoms with van der Waals surface area (Å²) in [5, 5.41) is 10.6. The molecule has 7 heteroatoms. The lowest BCUT2D eigenvalue weighted by molar-refractivity contribution is -0.384. The van der Waals surface area contributed by atoms with E-state index in [1.807, 2.05) is 0 Å². The first-order valence-corrected chi connectivity index (χ1v) is 5.02. The molecule has 0 saturated heterocycles. The molecular weight excluding hydrogens is 241 g/mol. The Morgan fingerprint density at radius 2 is 2.22 bits per heavy atom. The smallest absolute Gasteiger partial charge is 0.306 e. The van der Waals surface area contributed by atoms with Crippen molar-refractivity contribution in [1.82, 2.24) is 9.55 Å². The van der Waals surface area contributed by atoms with Crippen molar-refractivity contribution in [2.75, 3.05) is 0 Å². The summed E-state index contributed by atoms with van der Waals surface area (Å²) in [7, 11) is 0. The Kier molecular flexibility index (Phi) is 2.12. The van der Waals surface area contributed by atoms with E-state index in [9.17, 15) is 14.5 Å². The third-order valence-corrected chi connectivity index (χ3v) is 2.45. The molecule has 0 amide bonds. The second kappa shape index (κ2) is 3.66. The average molecular weight is 247 g/mol. The highest BCUT2D eigenvalue weighted by Gasteiger charge is 2.12. The van der Waals surface area contributed by atoms with Crippen LogP contribution in [0.25, 0.3) is 17.1 Å². The quantitative estimate of drug-likeness (QED) is 0.515. The number of oxazole rings is 1. The maximum absolute atomic E-state index is 12.9. The van der Waals surface area contributed by atoms with Crippen LogP contribution < -0.4 is 0 Å². The van der Waals surface area contributed by atoms with Gasteiger partial charge in [-0.1, -0.05) is 0 Å². The van der Waals surface area contributed by atoms with Crippen LogP contribution in [0, 0.1) is 15.9 Å². The minimum atomic E-state index is -0.517. The number of rotatable bonds is 2. The van der Waals surface area contributed by atoms with Crippen LogP contribution >= 0.6 is 0 Å². The molecule has 0 saturated carbocycles. The summed E-state index contributed by atoms with van der Waals surface area (Å²) < 4.78 is 19.6. The predicted octanol–water partition coefficient (Wildman–Crippen LogP) is 2.67. The van der Waals surface area contributed by atoms with Crippen molar-refractivity contribution in [2.45, 2.75) is 0 Å². The molecule has 0 radical (unpaired) electrons. The van der Waals surface area contributed by atoms with Crippen LogP contribution in [0.2, 0.25) is 0 Å². The van der Waals surface area contributed by atoms with E-state index < -0.39 is 10.7 Å². The van der Waals surface area contributed by atoms with E-state index in [1.54, 1.807) is 0 Å². The molecule has 18 heavy (non-hydrogen) atoms. The number of nitro groups is 1. The predicted molar refractivity (Wildman–Crippen MR) is 59.9 cm³/mol. The molecule has 0 N–H and O–H groups in total. The van der Waals surface area contributed by atoms with Crippen LogP contribution in [-0.2, 0) is 0 Å². The highest BCUT2D eigenvalue weighted by atomic mass is 19.1. The minimum absolute atomic E-state index is 0.0797. The number of nitrogens with zero attached hydrogens (tertiary/aromatic N) is 3. The van der Waals surface area contributed by atoms with Crippen molar-refractivity contribution < 1.29 is 13.7 Å². The van der Waals surface area contributed by atoms with Crippen molar-refractivity contribution in [3.05, 3.63) is 52.6 Å². The fourth-order valence-corrected chi connectivity index (χ4v) is 1.61. The Morgan fingerprint density at radius 3 is 2.89 bits per heavy atom. The van der Waals surface area contributed by atoms with Gasteiger partial charge in [0.25, 0.3) is 5.69 Å². The van der Waals surface area contributed by atoms with Gasteiger partial charge in [-0.3, -0.25) is 14.7 Å². The van der Waals surface area contributed by atoms with Crippen molar-refractivity contribution in [3.8, 4) is 6.01 Å². The molecule has 2 aromatic heterocycles. The number of fused-ring (bicyclic) bond motifs is 1. The van der Waals surface area contributed by atoms with Gasteiger partial charge in [0.1, 0.15) is 11.3 Å². The second-order valence-corrected chi connectivity index (χ2v) is 3.64. The Bertz CT molecular complexity index is 747. The molecular formula is C11H6FN3O3. The van der Waals surface area contributed by atoms with Gasteiger partial charge in [0.15, 0.2) is 5.58 Å². The SMILES string of the molecule is O=[N+]([O-])c1ccc2nc(-n3ccc(F)c3)oc2c1. The van der Waals surface area contributed by atoms with E-state index in [2.05, 4.69) is 4.98 Å². The lowest BCUT2D eigenvalue weighted by atomic mass is 10.3. The Hall–Kier alpha value is -2.70. The van der Waals surface area contributed by atoms with Gasteiger partial charge in [0, 0.05) is 18.5 Å². The highest BCUT2D eigenvalue weighted by Crippen LogP contribution is 2.23. The first-order valence-electron chi connectivity index (χ1n) is 5.02. The fraction of sp³-hybridized carbons (Fsp3) is 0. The van der Waals surface area contributed by atoms with Crippen molar-refractivity contribution in [2.24, 2.45) is 0 Å².